The molecule has 0 atom stereocenters. The Morgan fingerprint density at radius 1 is 1.41 bits per heavy atom. The standard InChI is InChI=1S/C12H12N2O2S/c1-2-10-8-13-11(17-10)14-12(15)16-9-6-4-3-5-7-9/h3-8H,2H2,1H3,(H,13,14,15). The molecule has 2 rings (SSSR count). The van der Waals surface area contributed by atoms with Crippen molar-refractivity contribution >= 4 is 22.6 Å². The van der Waals surface area contributed by atoms with Crippen LogP contribution in [0.3, 0.4) is 0 Å². The van der Waals surface area contributed by atoms with E-state index < -0.39 is 6.09 Å². The summed E-state index contributed by atoms with van der Waals surface area (Å²) in [4.78, 5) is 16.7. The highest BCUT2D eigenvalue weighted by molar-refractivity contribution is 7.15. The molecule has 1 heterocycles. The van der Waals surface area contributed by atoms with Gasteiger partial charge >= 0.3 is 6.09 Å². The van der Waals surface area contributed by atoms with Crippen molar-refractivity contribution in [2.45, 2.75) is 13.3 Å². The predicted octanol–water partition coefficient (Wildman–Crippen LogP) is 3.32. The Morgan fingerprint density at radius 3 is 2.82 bits per heavy atom. The van der Waals surface area contributed by atoms with Crippen LogP contribution in [0.2, 0.25) is 0 Å². The quantitative estimate of drug-likeness (QED) is 0.906. The van der Waals surface area contributed by atoms with Crippen LogP contribution in [-0.2, 0) is 6.42 Å². The number of para-hydroxylation sites is 1. The van der Waals surface area contributed by atoms with Crippen molar-refractivity contribution in [3.8, 4) is 5.75 Å². The van der Waals surface area contributed by atoms with Crippen LogP contribution in [0.15, 0.2) is 36.5 Å². The highest BCUT2D eigenvalue weighted by Crippen LogP contribution is 2.18. The number of carbonyl (C=O) groups excluding carboxylic acids is 1. The first kappa shape index (κ1) is 11.6. The molecule has 1 aromatic carbocycles. The lowest BCUT2D eigenvalue weighted by molar-refractivity contribution is 0.215. The van der Waals surface area contributed by atoms with Crippen LogP contribution in [-0.4, -0.2) is 11.1 Å². The van der Waals surface area contributed by atoms with E-state index in [1.54, 1.807) is 30.5 Å². The first-order chi connectivity index (χ1) is 8.28. The molecule has 88 valence electrons. The number of thiazole rings is 1. The number of nitrogens with one attached hydrogen (secondary N) is 1. The number of nitrogens with zero attached hydrogens (tertiary/aromatic N) is 1. The van der Waals surface area contributed by atoms with Crippen LogP contribution in [0.5, 0.6) is 5.75 Å². The summed E-state index contributed by atoms with van der Waals surface area (Å²) in [6.45, 7) is 2.04. The maximum atomic E-state index is 11.5. The van der Waals surface area contributed by atoms with Gasteiger partial charge in [-0.3, -0.25) is 5.32 Å². The normalized spacial score (nSPS) is 9.94. The summed E-state index contributed by atoms with van der Waals surface area (Å²) in [6.07, 6.45) is 2.14. The second kappa shape index (κ2) is 5.45. The minimum Gasteiger partial charge on any atom is -0.410 e. The smallest absolute Gasteiger partial charge is 0.410 e. The molecule has 5 heteroatoms. The number of aryl methyl sites for hydroxylation is 1. The molecular formula is C12H12N2O2S. The third kappa shape index (κ3) is 3.29. The molecule has 4 nitrogen and oxygen atoms in total. The van der Waals surface area contributed by atoms with E-state index in [1.165, 1.54) is 11.3 Å². The molecule has 0 radical (unpaired) electrons. The van der Waals surface area contributed by atoms with Gasteiger partial charge < -0.3 is 4.74 Å². The van der Waals surface area contributed by atoms with Crippen LogP contribution >= 0.6 is 11.3 Å². The van der Waals surface area contributed by atoms with Gasteiger partial charge in [-0.25, -0.2) is 9.78 Å². The number of rotatable bonds is 3. The van der Waals surface area contributed by atoms with Gasteiger partial charge in [-0.15, -0.1) is 11.3 Å². The topological polar surface area (TPSA) is 51.2 Å². The molecule has 0 aliphatic heterocycles. The first-order valence-electron chi connectivity index (χ1n) is 5.26. The van der Waals surface area contributed by atoms with Crippen molar-refractivity contribution < 1.29 is 9.53 Å². The van der Waals surface area contributed by atoms with Gasteiger partial charge in [0.1, 0.15) is 5.75 Å². The van der Waals surface area contributed by atoms with Gasteiger partial charge in [-0.1, -0.05) is 25.1 Å². The highest BCUT2D eigenvalue weighted by Gasteiger charge is 2.07. The fourth-order valence-corrected chi connectivity index (χ4v) is 1.98. The van der Waals surface area contributed by atoms with E-state index in [4.69, 9.17) is 4.74 Å². The molecule has 0 fully saturated rings. The summed E-state index contributed by atoms with van der Waals surface area (Å²) < 4.78 is 5.08. The molecule has 17 heavy (non-hydrogen) atoms. The molecule has 0 aliphatic carbocycles. The number of benzene rings is 1. The Morgan fingerprint density at radius 2 is 2.18 bits per heavy atom. The Bertz CT molecular complexity index is 496. The molecule has 0 aliphatic rings. The number of amides is 1. The molecule has 0 spiro atoms. The lowest BCUT2D eigenvalue weighted by Crippen LogP contribution is -2.16. The fraction of sp³-hybridized carbons (Fsp3) is 0.167. The van der Waals surface area contributed by atoms with Gasteiger partial charge in [-0.05, 0) is 18.6 Å². The van der Waals surface area contributed by atoms with Crippen molar-refractivity contribution in [3.63, 3.8) is 0 Å². The average Bonchev–Trinajstić information content (AvgIpc) is 2.78. The third-order valence-corrected chi connectivity index (χ3v) is 3.12. The molecule has 0 unspecified atom stereocenters. The van der Waals surface area contributed by atoms with Gasteiger partial charge in [0.05, 0.1) is 0 Å². The Kier molecular flexibility index (Phi) is 3.72. The summed E-state index contributed by atoms with van der Waals surface area (Å²) in [5, 5.41) is 3.15. The van der Waals surface area contributed by atoms with Crippen LogP contribution in [0.1, 0.15) is 11.8 Å². The zero-order chi connectivity index (χ0) is 12.1. The minimum atomic E-state index is -0.520. The number of hydrogen-bond donors (Lipinski definition) is 1. The van der Waals surface area contributed by atoms with E-state index in [1.807, 2.05) is 13.0 Å². The maximum Gasteiger partial charge on any atom is 0.418 e. The summed E-state index contributed by atoms with van der Waals surface area (Å²) in [5.74, 6) is 0.511. The van der Waals surface area contributed by atoms with E-state index in [9.17, 15) is 4.79 Å². The predicted molar refractivity (Wildman–Crippen MR) is 67.6 cm³/mol. The molecule has 0 bridgehead atoms. The molecular weight excluding hydrogens is 236 g/mol. The molecule has 0 saturated carbocycles. The van der Waals surface area contributed by atoms with E-state index in [0.29, 0.717) is 10.9 Å². The van der Waals surface area contributed by atoms with Gasteiger partial charge in [0, 0.05) is 11.1 Å². The van der Waals surface area contributed by atoms with Crippen molar-refractivity contribution in [1.82, 2.24) is 4.98 Å². The number of aromatic nitrogens is 1. The zero-order valence-electron chi connectivity index (χ0n) is 9.34. The SMILES string of the molecule is CCc1cnc(NC(=O)Oc2ccccc2)s1. The van der Waals surface area contributed by atoms with Crippen molar-refractivity contribution in [2.24, 2.45) is 0 Å². The van der Waals surface area contributed by atoms with E-state index in [0.717, 1.165) is 11.3 Å². The second-order valence-corrected chi connectivity index (χ2v) is 4.43. The van der Waals surface area contributed by atoms with Gasteiger partial charge in [0.25, 0.3) is 0 Å². The minimum absolute atomic E-state index is 0.511. The number of hydrogen-bond acceptors (Lipinski definition) is 4. The number of carbonyl (C=O) groups is 1. The van der Waals surface area contributed by atoms with Gasteiger partial charge in [0.15, 0.2) is 5.13 Å². The van der Waals surface area contributed by atoms with Gasteiger partial charge in [0.2, 0.25) is 0 Å². The summed E-state index contributed by atoms with van der Waals surface area (Å²) in [7, 11) is 0. The van der Waals surface area contributed by atoms with E-state index in [-0.39, 0.29) is 0 Å². The number of anilines is 1. The summed E-state index contributed by atoms with van der Waals surface area (Å²) in [6, 6.07) is 8.92. The van der Waals surface area contributed by atoms with Crippen LogP contribution in [0, 0.1) is 0 Å². The number of ether oxygens (including phenoxy) is 1. The lowest BCUT2D eigenvalue weighted by atomic mass is 10.3. The third-order valence-electron chi connectivity index (χ3n) is 2.06. The molecule has 1 N–H and O–H groups in total. The molecule has 1 amide bonds. The largest absolute Gasteiger partial charge is 0.418 e. The maximum absolute atomic E-state index is 11.5. The monoisotopic (exact) mass is 248 g/mol. The molecule has 0 saturated heterocycles. The summed E-state index contributed by atoms with van der Waals surface area (Å²) in [5.41, 5.74) is 0. The zero-order valence-corrected chi connectivity index (χ0v) is 10.2. The lowest BCUT2D eigenvalue weighted by Gasteiger charge is -2.03. The average molecular weight is 248 g/mol. The second-order valence-electron chi connectivity index (χ2n) is 3.31. The van der Waals surface area contributed by atoms with Crippen molar-refractivity contribution in [3.05, 3.63) is 41.4 Å². The molecule has 2 aromatic rings. The highest BCUT2D eigenvalue weighted by atomic mass is 32.1. The Balaban J connectivity index is 1.93. The van der Waals surface area contributed by atoms with E-state index >= 15 is 0 Å². The fourth-order valence-electron chi connectivity index (χ4n) is 1.24. The summed E-state index contributed by atoms with van der Waals surface area (Å²) >= 11 is 1.45. The van der Waals surface area contributed by atoms with Crippen LogP contribution in [0.4, 0.5) is 9.93 Å². The van der Waals surface area contributed by atoms with Crippen molar-refractivity contribution in [2.75, 3.05) is 5.32 Å². The van der Waals surface area contributed by atoms with Gasteiger partial charge in [-0.2, -0.15) is 0 Å². The van der Waals surface area contributed by atoms with Crippen LogP contribution in [0.25, 0.3) is 0 Å². The van der Waals surface area contributed by atoms with E-state index in [2.05, 4.69) is 10.3 Å². The molecule has 1 aromatic heterocycles. The van der Waals surface area contributed by atoms with Crippen molar-refractivity contribution in [1.29, 1.82) is 0 Å². The van der Waals surface area contributed by atoms with Crippen LogP contribution < -0.4 is 10.1 Å². The Hall–Kier alpha value is -1.88. The Labute approximate surface area is 103 Å². The first-order valence-corrected chi connectivity index (χ1v) is 6.08.